The van der Waals surface area contributed by atoms with Crippen molar-refractivity contribution in [2.24, 2.45) is 11.8 Å². The number of carbonyl (C=O) groups is 1. The second-order valence-electron chi connectivity index (χ2n) is 7.56. The third kappa shape index (κ3) is 4.96. The number of hydrogen-bond donors (Lipinski definition) is 2. The maximum absolute atomic E-state index is 11.5. The van der Waals surface area contributed by atoms with Gasteiger partial charge in [-0.25, -0.2) is 0 Å². The van der Waals surface area contributed by atoms with Crippen molar-refractivity contribution in [1.29, 1.82) is 0 Å². The van der Waals surface area contributed by atoms with Crippen molar-refractivity contribution in [1.82, 2.24) is 10.2 Å². The molecule has 2 rings (SSSR count). The molecule has 0 amide bonds. The Balaban J connectivity index is 1.66. The zero-order valence-corrected chi connectivity index (χ0v) is 13.9. The molecule has 2 aliphatic rings. The second kappa shape index (κ2) is 7.10. The van der Waals surface area contributed by atoms with Crippen LogP contribution in [0.25, 0.3) is 0 Å². The Kier molecular flexibility index (Phi) is 5.67. The molecule has 1 aliphatic heterocycles. The van der Waals surface area contributed by atoms with Crippen LogP contribution in [-0.2, 0) is 4.79 Å². The predicted molar refractivity (Wildman–Crippen MR) is 85.4 cm³/mol. The molecule has 3 unspecified atom stereocenters. The van der Waals surface area contributed by atoms with Crippen LogP contribution in [-0.4, -0.2) is 47.2 Å². The molecule has 0 aromatic heterocycles. The lowest BCUT2D eigenvalue weighted by Gasteiger charge is -2.35. The number of likely N-dealkylation sites (tertiary alicyclic amines) is 1. The minimum absolute atomic E-state index is 0.440. The van der Waals surface area contributed by atoms with Crippen LogP contribution in [0.5, 0.6) is 0 Å². The van der Waals surface area contributed by atoms with E-state index in [4.69, 9.17) is 0 Å². The van der Waals surface area contributed by atoms with Crippen LogP contribution >= 0.6 is 0 Å². The molecule has 4 heteroatoms. The van der Waals surface area contributed by atoms with Gasteiger partial charge in [-0.2, -0.15) is 0 Å². The van der Waals surface area contributed by atoms with E-state index in [2.05, 4.69) is 24.1 Å². The Morgan fingerprint density at radius 2 is 1.95 bits per heavy atom. The van der Waals surface area contributed by atoms with Gasteiger partial charge < -0.3 is 10.0 Å². The molecule has 2 N–H and O–H groups in total. The summed E-state index contributed by atoms with van der Waals surface area (Å²) in [7, 11) is 0. The Bertz CT molecular complexity index is 357. The summed E-state index contributed by atoms with van der Waals surface area (Å²) in [6.07, 6.45) is 6.40. The quantitative estimate of drug-likeness (QED) is 0.676. The summed E-state index contributed by atoms with van der Waals surface area (Å²) in [5, 5.41) is 12.8. The van der Waals surface area contributed by atoms with E-state index < -0.39 is 11.5 Å². The van der Waals surface area contributed by atoms with Crippen molar-refractivity contribution in [3.05, 3.63) is 0 Å². The van der Waals surface area contributed by atoms with Crippen molar-refractivity contribution >= 4 is 5.97 Å². The van der Waals surface area contributed by atoms with Crippen LogP contribution in [0.15, 0.2) is 0 Å². The lowest BCUT2D eigenvalue weighted by atomic mass is 9.88. The van der Waals surface area contributed by atoms with Crippen molar-refractivity contribution in [3.63, 3.8) is 0 Å². The highest BCUT2D eigenvalue weighted by atomic mass is 16.4. The van der Waals surface area contributed by atoms with Gasteiger partial charge in [-0.15, -0.1) is 0 Å². The number of nitrogens with zero attached hydrogens (tertiary/aromatic N) is 1. The molecule has 0 aromatic carbocycles. The number of nitrogens with one attached hydrogen (secondary N) is 1. The molecule has 0 spiro atoms. The van der Waals surface area contributed by atoms with Crippen molar-refractivity contribution < 1.29 is 9.90 Å². The predicted octanol–water partition coefficient (Wildman–Crippen LogP) is 2.73. The van der Waals surface area contributed by atoms with E-state index in [1.54, 1.807) is 0 Å². The highest BCUT2D eigenvalue weighted by Gasteiger charge is 2.37. The first-order chi connectivity index (χ1) is 9.90. The molecule has 1 saturated carbocycles. The standard InChI is InChI=1S/C17H32N2O2/c1-13-8-11-19(12-14(13)2)10-5-4-9-17(3,16(20)21)18-15-6-7-15/h13-15,18H,4-12H2,1-3H3,(H,20,21). The van der Waals surface area contributed by atoms with Crippen LogP contribution in [0.1, 0.15) is 59.3 Å². The monoisotopic (exact) mass is 296 g/mol. The van der Waals surface area contributed by atoms with Gasteiger partial charge in [0.2, 0.25) is 0 Å². The molecule has 2 fully saturated rings. The van der Waals surface area contributed by atoms with Crippen LogP contribution in [0.4, 0.5) is 0 Å². The molecule has 4 nitrogen and oxygen atoms in total. The normalized spacial score (nSPS) is 30.0. The fourth-order valence-corrected chi connectivity index (χ4v) is 3.29. The minimum Gasteiger partial charge on any atom is -0.480 e. The van der Waals surface area contributed by atoms with Crippen molar-refractivity contribution in [3.8, 4) is 0 Å². The number of piperidine rings is 1. The van der Waals surface area contributed by atoms with E-state index >= 15 is 0 Å². The molecule has 1 heterocycles. The number of hydrogen-bond acceptors (Lipinski definition) is 3. The van der Waals surface area contributed by atoms with E-state index in [-0.39, 0.29) is 0 Å². The number of carboxylic acids is 1. The fraction of sp³-hybridized carbons (Fsp3) is 0.941. The molecule has 3 atom stereocenters. The number of aliphatic carboxylic acids is 1. The maximum Gasteiger partial charge on any atom is 0.323 e. The van der Waals surface area contributed by atoms with Crippen LogP contribution in [0.2, 0.25) is 0 Å². The van der Waals surface area contributed by atoms with E-state index in [1.165, 1.54) is 19.5 Å². The van der Waals surface area contributed by atoms with Gasteiger partial charge in [0.1, 0.15) is 5.54 Å². The number of rotatable bonds is 8. The van der Waals surface area contributed by atoms with Gasteiger partial charge in [0.25, 0.3) is 0 Å². The van der Waals surface area contributed by atoms with E-state index in [9.17, 15) is 9.90 Å². The molecule has 122 valence electrons. The first-order valence-electron chi connectivity index (χ1n) is 8.64. The Hall–Kier alpha value is -0.610. The summed E-state index contributed by atoms with van der Waals surface area (Å²) in [6, 6.07) is 0.440. The third-order valence-corrected chi connectivity index (χ3v) is 5.39. The molecule has 0 aromatic rings. The van der Waals surface area contributed by atoms with Crippen molar-refractivity contribution in [2.75, 3.05) is 19.6 Å². The van der Waals surface area contributed by atoms with Gasteiger partial charge in [-0.1, -0.05) is 13.8 Å². The van der Waals surface area contributed by atoms with Gasteiger partial charge in [-0.3, -0.25) is 10.1 Å². The first-order valence-corrected chi connectivity index (χ1v) is 8.64. The topological polar surface area (TPSA) is 52.6 Å². The lowest BCUT2D eigenvalue weighted by Crippen LogP contribution is -2.50. The molecule has 21 heavy (non-hydrogen) atoms. The van der Waals surface area contributed by atoms with E-state index in [0.29, 0.717) is 6.04 Å². The third-order valence-electron chi connectivity index (χ3n) is 5.39. The van der Waals surface area contributed by atoms with Gasteiger partial charge in [0.15, 0.2) is 0 Å². The maximum atomic E-state index is 11.5. The van der Waals surface area contributed by atoms with E-state index in [0.717, 1.165) is 50.5 Å². The minimum atomic E-state index is -0.731. The van der Waals surface area contributed by atoms with Crippen LogP contribution in [0, 0.1) is 11.8 Å². The average molecular weight is 296 g/mol. The largest absolute Gasteiger partial charge is 0.480 e. The zero-order valence-electron chi connectivity index (χ0n) is 13.9. The summed E-state index contributed by atoms with van der Waals surface area (Å²) in [4.78, 5) is 14.0. The fourth-order valence-electron chi connectivity index (χ4n) is 3.29. The van der Waals surface area contributed by atoms with Crippen molar-refractivity contribution in [2.45, 2.75) is 70.9 Å². The summed E-state index contributed by atoms with van der Waals surface area (Å²) in [5.74, 6) is 0.939. The first kappa shape index (κ1) is 16.8. The highest BCUT2D eigenvalue weighted by Crippen LogP contribution is 2.26. The zero-order chi connectivity index (χ0) is 15.5. The molecule has 1 saturated heterocycles. The van der Waals surface area contributed by atoms with Crippen LogP contribution in [0.3, 0.4) is 0 Å². The molecule has 0 radical (unpaired) electrons. The summed E-state index contributed by atoms with van der Waals surface area (Å²) < 4.78 is 0. The summed E-state index contributed by atoms with van der Waals surface area (Å²) in [5.41, 5.74) is -0.731. The molecule has 0 bridgehead atoms. The Morgan fingerprint density at radius 3 is 2.52 bits per heavy atom. The highest BCUT2D eigenvalue weighted by molar-refractivity contribution is 5.78. The Morgan fingerprint density at radius 1 is 1.24 bits per heavy atom. The average Bonchev–Trinajstić information content (AvgIpc) is 3.22. The Labute approximate surface area is 129 Å². The summed E-state index contributed by atoms with van der Waals surface area (Å²) >= 11 is 0. The lowest BCUT2D eigenvalue weighted by molar-refractivity contribution is -0.144. The molecule has 1 aliphatic carbocycles. The van der Waals surface area contributed by atoms with Gasteiger partial charge in [-0.05, 0) is 70.4 Å². The summed E-state index contributed by atoms with van der Waals surface area (Å²) in [6.45, 7) is 10.1. The van der Waals surface area contributed by atoms with E-state index in [1.807, 2.05) is 6.92 Å². The SMILES string of the molecule is CC1CCN(CCCCC(C)(NC2CC2)C(=O)O)CC1C. The smallest absolute Gasteiger partial charge is 0.323 e. The number of carboxylic acid groups (broad SMARTS) is 1. The molecular formula is C17H32N2O2. The second-order valence-corrected chi connectivity index (χ2v) is 7.56. The number of unbranched alkanes of at least 4 members (excludes halogenated alkanes) is 1. The van der Waals surface area contributed by atoms with Gasteiger partial charge >= 0.3 is 5.97 Å². The molecular weight excluding hydrogens is 264 g/mol. The van der Waals surface area contributed by atoms with Gasteiger partial charge in [0, 0.05) is 12.6 Å². The van der Waals surface area contributed by atoms with Gasteiger partial charge in [0.05, 0.1) is 0 Å². The van der Waals surface area contributed by atoms with Crippen LogP contribution < -0.4 is 5.32 Å².